The second kappa shape index (κ2) is 9.29. The van der Waals surface area contributed by atoms with Gasteiger partial charge in [-0.2, -0.15) is 0 Å². The van der Waals surface area contributed by atoms with Gasteiger partial charge in [-0.25, -0.2) is 0 Å². The molecule has 2 N–H and O–H groups in total. The molecule has 0 atom stereocenters. The molecule has 2 rings (SSSR count). The van der Waals surface area contributed by atoms with Gasteiger partial charge in [0, 0.05) is 10.1 Å². The van der Waals surface area contributed by atoms with E-state index in [2.05, 4.69) is 45.4 Å². The summed E-state index contributed by atoms with van der Waals surface area (Å²) in [5.74, 6) is -0.396. The number of rotatable bonds is 7. The monoisotopic (exact) mass is 422 g/mol. The van der Waals surface area contributed by atoms with Crippen LogP contribution >= 0.6 is 22.6 Å². The van der Waals surface area contributed by atoms with E-state index in [0.717, 1.165) is 16.4 Å². The van der Waals surface area contributed by atoms with E-state index < -0.39 is 0 Å². The Hall–Kier alpha value is -1.89. The number of carbonyl (C=O) groups excluding carboxylic acids is 2. The van der Waals surface area contributed by atoms with Crippen LogP contribution in [0.5, 0.6) is 0 Å². The van der Waals surface area contributed by atoms with Gasteiger partial charge in [0.15, 0.2) is 0 Å². The van der Waals surface area contributed by atoms with Gasteiger partial charge >= 0.3 is 0 Å². The number of amides is 2. The topological polar surface area (TPSA) is 58.2 Å². The van der Waals surface area contributed by atoms with Crippen LogP contribution in [0.4, 0.5) is 0 Å². The zero-order chi connectivity index (χ0) is 16.5. The molecule has 23 heavy (non-hydrogen) atoms. The van der Waals surface area contributed by atoms with E-state index >= 15 is 0 Å². The quantitative estimate of drug-likeness (QED) is 0.533. The van der Waals surface area contributed by atoms with Gasteiger partial charge in [0.2, 0.25) is 5.91 Å². The van der Waals surface area contributed by atoms with Gasteiger partial charge in [-0.15, -0.1) is 0 Å². The Balaban J connectivity index is 1.65. The molecule has 2 aromatic carbocycles. The summed E-state index contributed by atoms with van der Waals surface area (Å²) in [6.45, 7) is 0.599. The van der Waals surface area contributed by atoms with E-state index in [4.69, 9.17) is 0 Å². The minimum atomic E-state index is -0.227. The highest BCUT2D eigenvalue weighted by atomic mass is 127. The average Bonchev–Trinajstić information content (AvgIpc) is 2.58. The van der Waals surface area contributed by atoms with Crippen LogP contribution < -0.4 is 10.6 Å². The standard InChI is InChI=1S/C18H19IN2O2/c19-16-11-5-4-10-15(16)18(23)21-13-17(22)20-12-6-9-14-7-2-1-3-8-14/h1-5,7-8,10-11H,6,9,12-13H2,(H,20,22)(H,21,23). The minimum absolute atomic E-state index is 0.00482. The maximum absolute atomic E-state index is 12.0. The van der Waals surface area contributed by atoms with Crippen molar-refractivity contribution in [3.8, 4) is 0 Å². The normalized spacial score (nSPS) is 10.1. The van der Waals surface area contributed by atoms with Gasteiger partial charge < -0.3 is 10.6 Å². The Labute approximate surface area is 149 Å². The fraction of sp³-hybridized carbons (Fsp3) is 0.222. The molecule has 0 radical (unpaired) electrons. The summed E-state index contributed by atoms with van der Waals surface area (Å²) in [6.07, 6.45) is 1.80. The highest BCUT2D eigenvalue weighted by molar-refractivity contribution is 14.1. The molecule has 0 spiro atoms. The number of nitrogens with one attached hydrogen (secondary N) is 2. The maximum atomic E-state index is 12.0. The third-order valence-corrected chi connectivity index (χ3v) is 4.28. The lowest BCUT2D eigenvalue weighted by atomic mass is 10.1. The third-order valence-electron chi connectivity index (χ3n) is 3.34. The predicted octanol–water partition coefficient (Wildman–Crippen LogP) is 2.77. The van der Waals surface area contributed by atoms with Crippen LogP contribution in [0.25, 0.3) is 0 Å². The second-order valence-electron chi connectivity index (χ2n) is 5.10. The summed E-state index contributed by atoms with van der Waals surface area (Å²) in [4.78, 5) is 23.7. The first-order valence-electron chi connectivity index (χ1n) is 7.50. The molecular formula is C18H19IN2O2. The van der Waals surface area contributed by atoms with Crippen molar-refractivity contribution < 1.29 is 9.59 Å². The molecule has 0 bridgehead atoms. The average molecular weight is 422 g/mol. The fourth-order valence-corrected chi connectivity index (χ4v) is 2.76. The lowest BCUT2D eigenvalue weighted by molar-refractivity contribution is -0.120. The molecule has 120 valence electrons. The molecule has 5 heteroatoms. The summed E-state index contributed by atoms with van der Waals surface area (Å²) in [5.41, 5.74) is 1.85. The largest absolute Gasteiger partial charge is 0.355 e. The zero-order valence-electron chi connectivity index (χ0n) is 12.7. The highest BCUT2D eigenvalue weighted by Gasteiger charge is 2.10. The zero-order valence-corrected chi connectivity index (χ0v) is 14.9. The van der Waals surface area contributed by atoms with Gasteiger partial charge in [-0.1, -0.05) is 42.5 Å². The molecule has 2 amide bonds. The molecule has 0 aromatic heterocycles. The highest BCUT2D eigenvalue weighted by Crippen LogP contribution is 2.10. The van der Waals surface area contributed by atoms with Crippen molar-refractivity contribution in [1.29, 1.82) is 0 Å². The first kappa shape index (κ1) is 17.5. The summed E-state index contributed by atoms with van der Waals surface area (Å²) >= 11 is 2.10. The SMILES string of the molecule is O=C(CNC(=O)c1ccccc1I)NCCCc1ccccc1. The molecule has 0 fully saturated rings. The van der Waals surface area contributed by atoms with Crippen LogP contribution in [0.15, 0.2) is 54.6 Å². The number of hydrogen-bond donors (Lipinski definition) is 2. The van der Waals surface area contributed by atoms with Crippen LogP contribution in [0, 0.1) is 3.57 Å². The predicted molar refractivity (Wildman–Crippen MR) is 99.3 cm³/mol. The Morgan fingerprint density at radius 1 is 0.913 bits per heavy atom. The van der Waals surface area contributed by atoms with Crippen molar-refractivity contribution in [1.82, 2.24) is 10.6 Å². The minimum Gasteiger partial charge on any atom is -0.355 e. The number of aryl methyl sites for hydroxylation is 1. The van der Waals surface area contributed by atoms with E-state index in [0.29, 0.717) is 12.1 Å². The Morgan fingerprint density at radius 2 is 1.61 bits per heavy atom. The van der Waals surface area contributed by atoms with E-state index in [1.54, 1.807) is 12.1 Å². The summed E-state index contributed by atoms with van der Waals surface area (Å²) in [6, 6.07) is 17.4. The van der Waals surface area contributed by atoms with Crippen molar-refractivity contribution in [3.05, 3.63) is 69.3 Å². The van der Waals surface area contributed by atoms with E-state index in [-0.39, 0.29) is 18.4 Å². The van der Waals surface area contributed by atoms with E-state index in [1.165, 1.54) is 5.56 Å². The summed E-state index contributed by atoms with van der Waals surface area (Å²) < 4.78 is 0.867. The third kappa shape index (κ3) is 6.02. The number of hydrogen-bond acceptors (Lipinski definition) is 2. The number of benzene rings is 2. The van der Waals surface area contributed by atoms with Crippen molar-refractivity contribution in [2.75, 3.05) is 13.1 Å². The molecule has 0 aliphatic rings. The first-order valence-corrected chi connectivity index (χ1v) is 8.58. The van der Waals surface area contributed by atoms with Crippen LogP contribution in [-0.2, 0) is 11.2 Å². The van der Waals surface area contributed by atoms with Crippen LogP contribution in [0.1, 0.15) is 22.3 Å². The molecule has 4 nitrogen and oxygen atoms in total. The molecule has 0 aliphatic heterocycles. The number of halogens is 1. The van der Waals surface area contributed by atoms with Gasteiger partial charge in [0.05, 0.1) is 12.1 Å². The van der Waals surface area contributed by atoms with Crippen molar-refractivity contribution >= 4 is 34.4 Å². The van der Waals surface area contributed by atoms with Crippen molar-refractivity contribution in [2.24, 2.45) is 0 Å². The van der Waals surface area contributed by atoms with Crippen molar-refractivity contribution in [2.45, 2.75) is 12.8 Å². The van der Waals surface area contributed by atoms with Crippen LogP contribution in [0.2, 0.25) is 0 Å². The van der Waals surface area contributed by atoms with Gasteiger partial charge in [-0.05, 0) is 53.1 Å². The molecular weight excluding hydrogens is 403 g/mol. The van der Waals surface area contributed by atoms with Crippen LogP contribution in [-0.4, -0.2) is 24.9 Å². The van der Waals surface area contributed by atoms with Gasteiger partial charge in [0.1, 0.15) is 0 Å². The fourth-order valence-electron chi connectivity index (χ4n) is 2.13. The lowest BCUT2D eigenvalue weighted by Crippen LogP contribution is -2.37. The molecule has 0 heterocycles. The molecule has 0 saturated heterocycles. The molecule has 0 unspecified atom stereocenters. The second-order valence-corrected chi connectivity index (χ2v) is 6.26. The number of carbonyl (C=O) groups is 2. The van der Waals surface area contributed by atoms with Gasteiger partial charge in [-0.3, -0.25) is 9.59 Å². The Morgan fingerprint density at radius 3 is 2.35 bits per heavy atom. The Bertz CT molecular complexity index is 659. The molecule has 2 aromatic rings. The summed E-state index contributed by atoms with van der Waals surface area (Å²) in [5, 5.41) is 5.46. The lowest BCUT2D eigenvalue weighted by Gasteiger charge is -2.08. The molecule has 0 saturated carbocycles. The Kier molecular flexibility index (Phi) is 7.06. The smallest absolute Gasteiger partial charge is 0.252 e. The van der Waals surface area contributed by atoms with Gasteiger partial charge in [0.25, 0.3) is 5.91 Å². The van der Waals surface area contributed by atoms with Crippen molar-refractivity contribution in [3.63, 3.8) is 0 Å². The molecule has 0 aliphatic carbocycles. The first-order chi connectivity index (χ1) is 11.2. The maximum Gasteiger partial charge on any atom is 0.252 e. The van der Waals surface area contributed by atoms with E-state index in [9.17, 15) is 9.59 Å². The van der Waals surface area contributed by atoms with Crippen LogP contribution in [0.3, 0.4) is 0 Å². The van der Waals surface area contributed by atoms with E-state index in [1.807, 2.05) is 30.3 Å². The summed E-state index contributed by atoms with van der Waals surface area (Å²) in [7, 11) is 0.